The molecule has 3 rings (SSSR count). The number of carbonyl (C=O) groups is 2. The standard InChI is InChI=1S/C21H24N2O3/c1-23(21(25)18-10-6-3-7-11-18)14-16-12-19(26-15-16)13-22-20(24)17-8-4-2-5-9-17/h2-11,16,19H,12-15H2,1H3,(H,22,24)/t16-,19+/m1/s1. The molecule has 0 saturated carbocycles. The van der Waals surface area contributed by atoms with E-state index in [1.165, 1.54) is 0 Å². The zero-order chi connectivity index (χ0) is 18.4. The molecular formula is C21H24N2O3. The summed E-state index contributed by atoms with van der Waals surface area (Å²) in [5.74, 6) is 0.215. The Hall–Kier alpha value is -2.66. The molecule has 0 aromatic heterocycles. The number of carbonyl (C=O) groups excluding carboxylic acids is 2. The molecular weight excluding hydrogens is 328 g/mol. The molecule has 2 aromatic carbocycles. The molecule has 2 amide bonds. The molecule has 136 valence electrons. The Kier molecular flexibility index (Phi) is 6.02. The predicted octanol–water partition coefficient (Wildman–Crippen LogP) is 2.59. The molecule has 1 fully saturated rings. The lowest BCUT2D eigenvalue weighted by Crippen LogP contribution is -2.33. The minimum atomic E-state index is -0.0889. The van der Waals surface area contributed by atoms with Crippen molar-refractivity contribution in [3.05, 3.63) is 71.8 Å². The van der Waals surface area contributed by atoms with Gasteiger partial charge in [-0.15, -0.1) is 0 Å². The third-order valence-corrected chi connectivity index (χ3v) is 4.59. The van der Waals surface area contributed by atoms with E-state index in [1.54, 1.807) is 17.0 Å². The number of nitrogens with one attached hydrogen (secondary N) is 1. The first-order valence-electron chi connectivity index (χ1n) is 8.89. The van der Waals surface area contributed by atoms with Crippen molar-refractivity contribution in [2.24, 2.45) is 5.92 Å². The van der Waals surface area contributed by atoms with Crippen LogP contribution in [0.1, 0.15) is 27.1 Å². The zero-order valence-electron chi connectivity index (χ0n) is 14.9. The van der Waals surface area contributed by atoms with Crippen molar-refractivity contribution < 1.29 is 14.3 Å². The molecule has 1 saturated heterocycles. The molecule has 0 spiro atoms. The number of hydrogen-bond acceptors (Lipinski definition) is 3. The smallest absolute Gasteiger partial charge is 0.253 e. The third-order valence-electron chi connectivity index (χ3n) is 4.59. The van der Waals surface area contributed by atoms with Gasteiger partial charge in [0.15, 0.2) is 0 Å². The van der Waals surface area contributed by atoms with Gasteiger partial charge < -0.3 is 15.0 Å². The summed E-state index contributed by atoms with van der Waals surface area (Å²) in [4.78, 5) is 26.2. The first kappa shape index (κ1) is 18.1. The van der Waals surface area contributed by atoms with E-state index in [1.807, 2.05) is 55.6 Å². The van der Waals surface area contributed by atoms with Crippen LogP contribution in [0.15, 0.2) is 60.7 Å². The van der Waals surface area contributed by atoms with Crippen molar-refractivity contribution in [3.63, 3.8) is 0 Å². The van der Waals surface area contributed by atoms with Gasteiger partial charge in [-0.1, -0.05) is 36.4 Å². The second-order valence-electron chi connectivity index (χ2n) is 6.68. The van der Waals surface area contributed by atoms with Crippen LogP contribution in [0.25, 0.3) is 0 Å². The van der Waals surface area contributed by atoms with E-state index in [0.717, 1.165) is 6.42 Å². The first-order chi connectivity index (χ1) is 12.6. The Labute approximate surface area is 154 Å². The molecule has 0 unspecified atom stereocenters. The van der Waals surface area contributed by atoms with Gasteiger partial charge >= 0.3 is 0 Å². The van der Waals surface area contributed by atoms with Gasteiger partial charge in [-0.25, -0.2) is 0 Å². The van der Waals surface area contributed by atoms with E-state index in [-0.39, 0.29) is 23.8 Å². The second-order valence-corrected chi connectivity index (χ2v) is 6.68. The summed E-state index contributed by atoms with van der Waals surface area (Å²) in [6.07, 6.45) is 0.828. The minimum Gasteiger partial charge on any atom is -0.376 e. The molecule has 5 heteroatoms. The van der Waals surface area contributed by atoms with Crippen LogP contribution in [-0.4, -0.2) is 49.6 Å². The normalized spacial score (nSPS) is 19.1. The lowest BCUT2D eigenvalue weighted by Gasteiger charge is -2.20. The maximum absolute atomic E-state index is 12.4. The molecule has 1 aliphatic rings. The van der Waals surface area contributed by atoms with Gasteiger partial charge in [0.2, 0.25) is 0 Å². The van der Waals surface area contributed by atoms with E-state index in [9.17, 15) is 9.59 Å². The van der Waals surface area contributed by atoms with Gasteiger partial charge in [0.25, 0.3) is 11.8 Å². The maximum atomic E-state index is 12.4. The highest BCUT2D eigenvalue weighted by molar-refractivity contribution is 5.94. The summed E-state index contributed by atoms with van der Waals surface area (Å²) in [5, 5.41) is 2.92. The van der Waals surface area contributed by atoms with Crippen LogP contribution in [0.2, 0.25) is 0 Å². The number of rotatable bonds is 6. The highest BCUT2D eigenvalue weighted by Gasteiger charge is 2.28. The summed E-state index contributed by atoms with van der Waals surface area (Å²) < 4.78 is 5.79. The van der Waals surface area contributed by atoms with Crippen molar-refractivity contribution in [1.82, 2.24) is 10.2 Å². The zero-order valence-corrected chi connectivity index (χ0v) is 14.9. The lowest BCUT2D eigenvalue weighted by atomic mass is 10.0. The average Bonchev–Trinajstić information content (AvgIpc) is 3.14. The third kappa shape index (κ3) is 4.70. The topological polar surface area (TPSA) is 58.6 Å². The van der Waals surface area contributed by atoms with Crippen molar-refractivity contribution in [1.29, 1.82) is 0 Å². The van der Waals surface area contributed by atoms with Crippen molar-refractivity contribution in [2.45, 2.75) is 12.5 Å². The maximum Gasteiger partial charge on any atom is 0.253 e. The molecule has 1 aliphatic heterocycles. The molecule has 1 heterocycles. The fraction of sp³-hybridized carbons (Fsp3) is 0.333. The molecule has 0 radical (unpaired) electrons. The Balaban J connectivity index is 1.44. The lowest BCUT2D eigenvalue weighted by molar-refractivity contribution is 0.0748. The first-order valence-corrected chi connectivity index (χ1v) is 8.89. The van der Waals surface area contributed by atoms with Gasteiger partial charge in [0.1, 0.15) is 0 Å². The SMILES string of the molecule is CN(C[C@@H]1CO[C@H](CNC(=O)c2ccccc2)C1)C(=O)c1ccccc1. The highest BCUT2D eigenvalue weighted by atomic mass is 16.5. The highest BCUT2D eigenvalue weighted by Crippen LogP contribution is 2.20. The summed E-state index contributed by atoms with van der Waals surface area (Å²) in [6, 6.07) is 18.4. The van der Waals surface area contributed by atoms with E-state index in [0.29, 0.717) is 30.8 Å². The number of hydrogen-bond donors (Lipinski definition) is 1. The monoisotopic (exact) mass is 352 g/mol. The predicted molar refractivity (Wildman–Crippen MR) is 100 cm³/mol. The van der Waals surface area contributed by atoms with Gasteiger partial charge in [-0.2, -0.15) is 0 Å². The molecule has 2 atom stereocenters. The number of amides is 2. The van der Waals surface area contributed by atoms with Crippen LogP contribution in [0, 0.1) is 5.92 Å². The Morgan fingerprint density at radius 1 is 1.04 bits per heavy atom. The van der Waals surface area contributed by atoms with Crippen LogP contribution >= 0.6 is 0 Å². The molecule has 0 aliphatic carbocycles. The fourth-order valence-corrected chi connectivity index (χ4v) is 3.22. The van der Waals surface area contributed by atoms with Gasteiger partial charge in [0, 0.05) is 37.2 Å². The number of ether oxygens (including phenoxy) is 1. The van der Waals surface area contributed by atoms with Crippen LogP contribution in [0.3, 0.4) is 0 Å². The molecule has 26 heavy (non-hydrogen) atoms. The number of nitrogens with zero attached hydrogens (tertiary/aromatic N) is 1. The van der Waals surface area contributed by atoms with Crippen LogP contribution < -0.4 is 5.32 Å². The van der Waals surface area contributed by atoms with Crippen molar-refractivity contribution in [2.75, 3.05) is 26.7 Å². The Bertz CT molecular complexity index is 733. The molecule has 2 aromatic rings. The second kappa shape index (κ2) is 8.63. The van der Waals surface area contributed by atoms with Gasteiger partial charge in [0.05, 0.1) is 12.7 Å². The number of benzene rings is 2. The van der Waals surface area contributed by atoms with E-state index in [4.69, 9.17) is 4.74 Å². The van der Waals surface area contributed by atoms with Crippen molar-refractivity contribution >= 4 is 11.8 Å². The van der Waals surface area contributed by atoms with E-state index >= 15 is 0 Å². The van der Waals surface area contributed by atoms with Crippen LogP contribution in [0.4, 0.5) is 0 Å². The Morgan fingerprint density at radius 2 is 1.65 bits per heavy atom. The quantitative estimate of drug-likeness (QED) is 0.869. The molecule has 0 bridgehead atoms. The van der Waals surface area contributed by atoms with Crippen LogP contribution in [0.5, 0.6) is 0 Å². The summed E-state index contributed by atoms with van der Waals surface area (Å²) >= 11 is 0. The molecule has 5 nitrogen and oxygen atoms in total. The molecule has 1 N–H and O–H groups in total. The summed E-state index contributed by atoms with van der Waals surface area (Å²) in [5.41, 5.74) is 1.34. The average molecular weight is 352 g/mol. The summed E-state index contributed by atoms with van der Waals surface area (Å²) in [6.45, 7) is 1.75. The fourth-order valence-electron chi connectivity index (χ4n) is 3.22. The van der Waals surface area contributed by atoms with E-state index < -0.39 is 0 Å². The Morgan fingerprint density at radius 3 is 2.31 bits per heavy atom. The van der Waals surface area contributed by atoms with Crippen molar-refractivity contribution in [3.8, 4) is 0 Å². The van der Waals surface area contributed by atoms with Gasteiger partial charge in [-0.3, -0.25) is 9.59 Å². The summed E-state index contributed by atoms with van der Waals surface area (Å²) in [7, 11) is 1.82. The van der Waals surface area contributed by atoms with Gasteiger partial charge in [-0.05, 0) is 30.7 Å². The van der Waals surface area contributed by atoms with Crippen LogP contribution in [-0.2, 0) is 4.74 Å². The minimum absolute atomic E-state index is 0.00658. The van der Waals surface area contributed by atoms with E-state index in [2.05, 4.69) is 5.32 Å². The largest absolute Gasteiger partial charge is 0.376 e.